The van der Waals surface area contributed by atoms with E-state index in [0.29, 0.717) is 0 Å². The number of rotatable bonds is 3. The van der Waals surface area contributed by atoms with Crippen molar-refractivity contribution in [3.05, 3.63) is 29.6 Å². The third-order valence-corrected chi connectivity index (χ3v) is 1.49. The molecule has 0 unspecified atom stereocenters. The van der Waals surface area contributed by atoms with Gasteiger partial charge in [0.25, 0.3) is 5.91 Å². The predicted octanol–water partition coefficient (Wildman–Crippen LogP) is 0.357. The van der Waals surface area contributed by atoms with Crippen molar-refractivity contribution < 1.29 is 14.3 Å². The number of ether oxygens (including phenoxy) is 1. The van der Waals surface area contributed by atoms with Gasteiger partial charge in [0, 0.05) is 0 Å². The van der Waals surface area contributed by atoms with Gasteiger partial charge in [0.2, 0.25) is 0 Å². The van der Waals surface area contributed by atoms with Gasteiger partial charge >= 0.3 is 5.97 Å². The molecule has 1 amide bonds. The van der Waals surface area contributed by atoms with E-state index < -0.39 is 11.9 Å². The Morgan fingerprint density at radius 3 is 2.64 bits per heavy atom. The first-order chi connectivity index (χ1) is 6.65. The zero-order valence-electron chi connectivity index (χ0n) is 7.69. The number of aromatic nitrogens is 1. The first kappa shape index (κ1) is 10.2. The fourth-order valence-corrected chi connectivity index (χ4v) is 0.891. The van der Waals surface area contributed by atoms with Gasteiger partial charge in [-0.3, -0.25) is 4.79 Å². The SMILES string of the molecule is CCOC(=O)c1cccc(C(N)=O)n1. The summed E-state index contributed by atoms with van der Waals surface area (Å²) in [4.78, 5) is 25.7. The second kappa shape index (κ2) is 4.36. The quantitative estimate of drug-likeness (QED) is 0.704. The van der Waals surface area contributed by atoms with Crippen LogP contribution in [0.4, 0.5) is 0 Å². The lowest BCUT2D eigenvalue weighted by atomic mass is 10.3. The summed E-state index contributed by atoms with van der Waals surface area (Å²) in [5, 5.41) is 0. The van der Waals surface area contributed by atoms with Crippen molar-refractivity contribution in [1.82, 2.24) is 4.98 Å². The van der Waals surface area contributed by atoms with Crippen LogP contribution >= 0.6 is 0 Å². The molecule has 0 radical (unpaired) electrons. The second-order valence-corrected chi connectivity index (χ2v) is 2.49. The van der Waals surface area contributed by atoms with Gasteiger partial charge in [0.05, 0.1) is 6.61 Å². The summed E-state index contributed by atoms with van der Waals surface area (Å²) in [5.74, 6) is -1.23. The smallest absolute Gasteiger partial charge is 0.356 e. The molecule has 14 heavy (non-hydrogen) atoms. The highest BCUT2D eigenvalue weighted by atomic mass is 16.5. The van der Waals surface area contributed by atoms with Crippen LogP contribution in [-0.2, 0) is 4.74 Å². The molecule has 1 aromatic rings. The molecule has 0 aliphatic carbocycles. The fourth-order valence-electron chi connectivity index (χ4n) is 0.891. The molecule has 0 atom stereocenters. The molecule has 0 aromatic carbocycles. The van der Waals surface area contributed by atoms with E-state index in [9.17, 15) is 9.59 Å². The first-order valence-electron chi connectivity index (χ1n) is 4.09. The van der Waals surface area contributed by atoms with E-state index in [1.165, 1.54) is 18.2 Å². The minimum absolute atomic E-state index is 0.0514. The maximum absolute atomic E-state index is 11.2. The Morgan fingerprint density at radius 1 is 1.43 bits per heavy atom. The Morgan fingerprint density at radius 2 is 2.07 bits per heavy atom. The molecule has 0 saturated heterocycles. The number of nitrogens with zero attached hydrogens (tertiary/aromatic N) is 1. The summed E-state index contributed by atoms with van der Waals surface area (Å²) in [6, 6.07) is 4.43. The maximum atomic E-state index is 11.2. The minimum Gasteiger partial charge on any atom is -0.461 e. The summed E-state index contributed by atoms with van der Waals surface area (Å²) in [5.41, 5.74) is 5.14. The van der Waals surface area contributed by atoms with Crippen LogP contribution in [0, 0.1) is 0 Å². The van der Waals surface area contributed by atoms with Crippen LogP contribution < -0.4 is 5.73 Å². The third-order valence-electron chi connectivity index (χ3n) is 1.49. The highest BCUT2D eigenvalue weighted by Gasteiger charge is 2.10. The van der Waals surface area contributed by atoms with Crippen LogP contribution in [0.2, 0.25) is 0 Å². The lowest BCUT2D eigenvalue weighted by Crippen LogP contribution is -2.16. The third kappa shape index (κ3) is 2.29. The highest BCUT2D eigenvalue weighted by molar-refractivity contribution is 5.93. The van der Waals surface area contributed by atoms with Crippen molar-refractivity contribution in [2.75, 3.05) is 6.61 Å². The number of carbonyl (C=O) groups is 2. The first-order valence-corrected chi connectivity index (χ1v) is 4.09. The second-order valence-electron chi connectivity index (χ2n) is 2.49. The monoisotopic (exact) mass is 194 g/mol. The van der Waals surface area contributed by atoms with Crippen molar-refractivity contribution in [1.29, 1.82) is 0 Å². The molecular formula is C9H10N2O3. The standard InChI is InChI=1S/C9H10N2O3/c1-2-14-9(13)7-5-3-4-6(11-7)8(10)12/h3-5H,2H2,1H3,(H2,10,12). The van der Waals surface area contributed by atoms with Gasteiger partial charge in [-0.2, -0.15) is 0 Å². The van der Waals surface area contributed by atoms with Crippen molar-refractivity contribution in [3.63, 3.8) is 0 Å². The van der Waals surface area contributed by atoms with Gasteiger partial charge in [0.15, 0.2) is 0 Å². The summed E-state index contributed by atoms with van der Waals surface area (Å²) in [6.07, 6.45) is 0. The molecule has 5 heteroatoms. The normalized spacial score (nSPS) is 9.50. The topological polar surface area (TPSA) is 82.3 Å². The number of amides is 1. The molecule has 0 aliphatic rings. The lowest BCUT2D eigenvalue weighted by Gasteiger charge is -2.01. The van der Waals surface area contributed by atoms with Crippen molar-refractivity contribution in [2.45, 2.75) is 6.92 Å². The molecule has 0 spiro atoms. The number of carbonyl (C=O) groups excluding carboxylic acids is 2. The molecule has 5 nitrogen and oxygen atoms in total. The Kier molecular flexibility index (Phi) is 3.17. The van der Waals surface area contributed by atoms with E-state index in [1.807, 2.05) is 0 Å². The molecule has 1 rings (SSSR count). The number of hydrogen-bond acceptors (Lipinski definition) is 4. The largest absolute Gasteiger partial charge is 0.461 e. The zero-order chi connectivity index (χ0) is 10.6. The molecule has 0 saturated carbocycles. The van der Waals surface area contributed by atoms with E-state index in [0.717, 1.165) is 0 Å². The summed E-state index contributed by atoms with van der Waals surface area (Å²) >= 11 is 0. The van der Waals surface area contributed by atoms with Crippen LogP contribution in [0.3, 0.4) is 0 Å². The van der Waals surface area contributed by atoms with E-state index in [1.54, 1.807) is 6.92 Å². The van der Waals surface area contributed by atoms with Crippen LogP contribution in [0.25, 0.3) is 0 Å². The van der Waals surface area contributed by atoms with Crippen LogP contribution in [0.15, 0.2) is 18.2 Å². The van der Waals surface area contributed by atoms with Gasteiger partial charge in [-0.05, 0) is 19.1 Å². The van der Waals surface area contributed by atoms with Gasteiger partial charge in [0.1, 0.15) is 11.4 Å². The lowest BCUT2D eigenvalue weighted by molar-refractivity contribution is 0.0519. The molecule has 2 N–H and O–H groups in total. The fraction of sp³-hybridized carbons (Fsp3) is 0.222. The van der Waals surface area contributed by atoms with E-state index in [-0.39, 0.29) is 18.0 Å². The van der Waals surface area contributed by atoms with E-state index in [2.05, 4.69) is 4.98 Å². The molecule has 0 bridgehead atoms. The van der Waals surface area contributed by atoms with Crippen molar-refractivity contribution >= 4 is 11.9 Å². The Balaban J connectivity index is 2.93. The van der Waals surface area contributed by atoms with E-state index >= 15 is 0 Å². The van der Waals surface area contributed by atoms with Crippen LogP contribution in [-0.4, -0.2) is 23.5 Å². The number of pyridine rings is 1. The molecule has 1 heterocycles. The minimum atomic E-state index is -0.670. The molecule has 0 fully saturated rings. The maximum Gasteiger partial charge on any atom is 0.356 e. The number of primary amides is 1. The summed E-state index contributed by atoms with van der Waals surface area (Å²) < 4.78 is 4.71. The summed E-state index contributed by atoms with van der Waals surface area (Å²) in [7, 11) is 0. The Hall–Kier alpha value is -1.91. The average molecular weight is 194 g/mol. The number of hydrogen-bond donors (Lipinski definition) is 1. The van der Waals surface area contributed by atoms with Crippen molar-refractivity contribution in [3.8, 4) is 0 Å². The average Bonchev–Trinajstić information content (AvgIpc) is 2.18. The van der Waals surface area contributed by atoms with Gasteiger partial charge in [-0.25, -0.2) is 9.78 Å². The van der Waals surface area contributed by atoms with Crippen LogP contribution in [0.1, 0.15) is 27.9 Å². The number of esters is 1. The Bertz CT molecular complexity index is 363. The Labute approximate surface area is 80.9 Å². The zero-order valence-corrected chi connectivity index (χ0v) is 7.69. The van der Waals surface area contributed by atoms with Gasteiger partial charge in [-0.1, -0.05) is 6.07 Å². The van der Waals surface area contributed by atoms with E-state index in [4.69, 9.17) is 10.5 Å². The highest BCUT2D eigenvalue weighted by Crippen LogP contribution is 2.00. The molecule has 74 valence electrons. The predicted molar refractivity (Wildman–Crippen MR) is 48.7 cm³/mol. The molecule has 0 aliphatic heterocycles. The van der Waals surface area contributed by atoms with Gasteiger partial charge in [-0.15, -0.1) is 0 Å². The molecule has 1 aromatic heterocycles. The van der Waals surface area contributed by atoms with Crippen molar-refractivity contribution in [2.24, 2.45) is 5.73 Å². The summed E-state index contributed by atoms with van der Waals surface area (Å²) in [6.45, 7) is 1.96. The molecular weight excluding hydrogens is 184 g/mol. The van der Waals surface area contributed by atoms with Gasteiger partial charge < -0.3 is 10.5 Å². The number of nitrogens with two attached hydrogens (primary N) is 1. The van der Waals surface area contributed by atoms with Crippen LogP contribution in [0.5, 0.6) is 0 Å².